The minimum absolute atomic E-state index is 0.00433. The van der Waals surface area contributed by atoms with Crippen molar-refractivity contribution in [1.82, 2.24) is 4.90 Å². The highest BCUT2D eigenvalue weighted by Gasteiger charge is 2.51. The number of nitrogens with zero attached hydrogens (tertiary/aromatic N) is 1. The van der Waals surface area contributed by atoms with E-state index in [0.717, 1.165) is 0 Å². The van der Waals surface area contributed by atoms with E-state index in [9.17, 15) is 4.79 Å². The molecule has 0 N–H and O–H groups in total. The Bertz CT molecular complexity index is 757. The molecule has 6 heteroatoms. The molecule has 2 atom stereocenters. The molecule has 0 saturated carbocycles. The second kappa shape index (κ2) is 4.87. The number of benzene rings is 1. The highest BCUT2D eigenvalue weighted by Crippen LogP contribution is 2.49. The molecule has 4 rings (SSSR count). The lowest BCUT2D eigenvalue weighted by molar-refractivity contribution is 0.0196. The van der Waals surface area contributed by atoms with Gasteiger partial charge in [-0.05, 0) is 68.5 Å². The molecule has 1 amide bonds. The van der Waals surface area contributed by atoms with Crippen LogP contribution in [0.25, 0.3) is 0 Å². The Morgan fingerprint density at radius 2 is 1.44 bits per heavy atom. The molecule has 0 spiro atoms. The summed E-state index contributed by atoms with van der Waals surface area (Å²) in [6.07, 6.45) is 4.04. The SMILES string of the molecule is CC(C)(C)OC(=O)N1C2C=CC1c1cc3c(cc12)[Si](C)(C)O[Si]3(C)C. The second-order valence-corrected chi connectivity index (χ2v) is 17.2. The van der Waals surface area contributed by atoms with Crippen molar-refractivity contribution in [2.24, 2.45) is 0 Å². The minimum atomic E-state index is -1.85. The number of hydrogen-bond acceptors (Lipinski definition) is 3. The molecule has 3 aliphatic rings. The van der Waals surface area contributed by atoms with Crippen LogP contribution in [-0.2, 0) is 8.85 Å². The van der Waals surface area contributed by atoms with Crippen molar-refractivity contribution in [2.45, 2.75) is 64.6 Å². The van der Waals surface area contributed by atoms with E-state index in [0.29, 0.717) is 0 Å². The summed E-state index contributed by atoms with van der Waals surface area (Å²) in [6.45, 7) is 14.9. The molecular formula is C19H27NO3Si2. The van der Waals surface area contributed by atoms with Crippen LogP contribution in [0.1, 0.15) is 44.0 Å². The number of fused-ring (bicyclic) bond motifs is 6. The van der Waals surface area contributed by atoms with Gasteiger partial charge in [-0.1, -0.05) is 24.3 Å². The molecule has 2 unspecified atom stereocenters. The molecule has 134 valence electrons. The molecule has 1 aromatic rings. The normalized spacial score (nSPS) is 27.4. The molecule has 0 radical (unpaired) electrons. The van der Waals surface area contributed by atoms with E-state index in [1.807, 2.05) is 25.7 Å². The fraction of sp³-hybridized carbons (Fsp3) is 0.526. The highest BCUT2D eigenvalue weighted by molar-refractivity contribution is 7.05. The zero-order valence-electron chi connectivity index (χ0n) is 16.1. The lowest BCUT2D eigenvalue weighted by Gasteiger charge is -2.27. The third-order valence-corrected chi connectivity index (χ3v) is 13.1. The first-order valence-electron chi connectivity index (χ1n) is 8.99. The van der Waals surface area contributed by atoms with Crippen LogP contribution in [-0.4, -0.2) is 33.2 Å². The van der Waals surface area contributed by atoms with Crippen LogP contribution >= 0.6 is 0 Å². The molecule has 0 aromatic heterocycles. The number of amides is 1. The smallest absolute Gasteiger partial charge is 0.411 e. The quantitative estimate of drug-likeness (QED) is 0.516. The van der Waals surface area contributed by atoms with Crippen LogP contribution < -0.4 is 10.4 Å². The molecule has 1 aromatic carbocycles. The first-order valence-corrected chi connectivity index (χ1v) is 14.8. The average molecular weight is 374 g/mol. The van der Waals surface area contributed by atoms with Crippen LogP contribution in [0, 0.1) is 0 Å². The van der Waals surface area contributed by atoms with Crippen molar-refractivity contribution < 1.29 is 13.6 Å². The second-order valence-electron chi connectivity index (χ2n) is 9.31. The molecule has 2 bridgehead atoms. The van der Waals surface area contributed by atoms with Crippen LogP contribution in [0.3, 0.4) is 0 Å². The summed E-state index contributed by atoms with van der Waals surface area (Å²) in [5.41, 5.74) is 2.03. The van der Waals surface area contributed by atoms with E-state index in [-0.39, 0.29) is 18.2 Å². The van der Waals surface area contributed by atoms with E-state index in [4.69, 9.17) is 8.85 Å². The number of rotatable bonds is 0. The Morgan fingerprint density at radius 3 is 1.84 bits per heavy atom. The predicted octanol–water partition coefficient (Wildman–Crippen LogP) is 3.44. The van der Waals surface area contributed by atoms with Gasteiger partial charge in [0.2, 0.25) is 16.6 Å². The molecule has 25 heavy (non-hydrogen) atoms. The lowest BCUT2D eigenvalue weighted by atomic mass is 9.97. The maximum atomic E-state index is 12.8. The van der Waals surface area contributed by atoms with Gasteiger partial charge in [0.1, 0.15) is 5.60 Å². The zero-order chi connectivity index (χ0) is 18.4. The monoisotopic (exact) mass is 373 g/mol. The van der Waals surface area contributed by atoms with Crippen molar-refractivity contribution in [3.63, 3.8) is 0 Å². The summed E-state index contributed by atoms with van der Waals surface area (Å²) in [4.78, 5) is 14.6. The van der Waals surface area contributed by atoms with Gasteiger partial charge >= 0.3 is 6.09 Å². The fourth-order valence-corrected chi connectivity index (χ4v) is 14.7. The number of ether oxygens (including phenoxy) is 1. The first-order chi connectivity index (χ1) is 11.4. The van der Waals surface area contributed by atoms with Gasteiger partial charge in [-0.25, -0.2) is 4.79 Å². The van der Waals surface area contributed by atoms with E-state index in [1.54, 1.807) is 0 Å². The van der Waals surface area contributed by atoms with Crippen molar-refractivity contribution in [3.8, 4) is 0 Å². The van der Waals surface area contributed by atoms with Gasteiger partial charge in [0.05, 0.1) is 12.1 Å². The van der Waals surface area contributed by atoms with Crippen molar-refractivity contribution >= 4 is 33.1 Å². The van der Waals surface area contributed by atoms with E-state index in [1.165, 1.54) is 21.5 Å². The number of carbonyl (C=O) groups is 1. The molecule has 3 heterocycles. The number of carbonyl (C=O) groups excluding carboxylic acids is 1. The van der Waals surface area contributed by atoms with Crippen molar-refractivity contribution in [3.05, 3.63) is 35.4 Å². The highest BCUT2D eigenvalue weighted by atomic mass is 28.4. The largest absolute Gasteiger partial charge is 0.449 e. The predicted molar refractivity (Wildman–Crippen MR) is 104 cm³/mol. The third-order valence-electron chi connectivity index (χ3n) is 5.35. The Morgan fingerprint density at radius 1 is 1.00 bits per heavy atom. The standard InChI is InChI=1S/C19H27NO3Si2/c1-19(2,3)22-18(21)20-14-8-9-15(20)13-11-17-16(10-12(13)14)24(4,5)23-25(17,6)7/h8-11,14-15H,1-7H3. The fourth-order valence-electron chi connectivity index (χ4n) is 4.51. The average Bonchev–Trinajstić information content (AvgIpc) is 3.04. The summed E-state index contributed by atoms with van der Waals surface area (Å²) in [6, 6.07) is 4.67. The van der Waals surface area contributed by atoms with Gasteiger partial charge in [0, 0.05) is 0 Å². The zero-order valence-corrected chi connectivity index (χ0v) is 18.1. The maximum Gasteiger partial charge on any atom is 0.411 e. The van der Waals surface area contributed by atoms with Gasteiger partial charge < -0.3 is 8.85 Å². The third kappa shape index (κ3) is 2.45. The number of hydrogen-bond donors (Lipinski definition) is 0. The molecule has 4 nitrogen and oxygen atoms in total. The minimum Gasteiger partial charge on any atom is -0.449 e. The van der Waals surface area contributed by atoms with E-state index in [2.05, 4.69) is 50.5 Å². The van der Waals surface area contributed by atoms with Crippen molar-refractivity contribution in [2.75, 3.05) is 0 Å². The van der Waals surface area contributed by atoms with Crippen LogP contribution in [0.4, 0.5) is 4.79 Å². The topological polar surface area (TPSA) is 38.8 Å². The van der Waals surface area contributed by atoms with Gasteiger partial charge in [0.15, 0.2) is 0 Å². The van der Waals surface area contributed by atoms with Gasteiger partial charge in [-0.2, -0.15) is 0 Å². The Kier molecular flexibility index (Phi) is 3.32. The van der Waals surface area contributed by atoms with Crippen LogP contribution in [0.2, 0.25) is 26.2 Å². The maximum absolute atomic E-state index is 12.8. The summed E-state index contributed by atoms with van der Waals surface area (Å²) >= 11 is 0. The Hall–Kier alpha value is -1.38. The lowest BCUT2D eigenvalue weighted by Crippen LogP contribution is -2.44. The first kappa shape index (κ1) is 17.1. The summed E-state index contributed by atoms with van der Waals surface area (Å²) in [7, 11) is -3.70. The summed E-state index contributed by atoms with van der Waals surface area (Å²) in [5, 5.41) is 2.85. The summed E-state index contributed by atoms with van der Waals surface area (Å²) in [5.74, 6) is 0. The van der Waals surface area contributed by atoms with Crippen LogP contribution in [0.5, 0.6) is 0 Å². The molecular weight excluding hydrogens is 346 g/mol. The van der Waals surface area contributed by atoms with Gasteiger partial charge in [-0.15, -0.1) is 0 Å². The summed E-state index contributed by atoms with van der Waals surface area (Å²) < 4.78 is 12.2. The van der Waals surface area contributed by atoms with Gasteiger partial charge in [-0.3, -0.25) is 4.90 Å². The molecule has 0 fully saturated rings. The molecule has 0 aliphatic carbocycles. The molecule has 3 aliphatic heterocycles. The van der Waals surface area contributed by atoms with Crippen LogP contribution in [0.15, 0.2) is 24.3 Å². The van der Waals surface area contributed by atoms with E-state index < -0.39 is 22.2 Å². The van der Waals surface area contributed by atoms with Crippen molar-refractivity contribution in [1.29, 1.82) is 0 Å². The van der Waals surface area contributed by atoms with Gasteiger partial charge in [0.25, 0.3) is 0 Å². The Labute approximate surface area is 152 Å². The van der Waals surface area contributed by atoms with E-state index >= 15 is 0 Å². The Balaban J connectivity index is 1.77. The molecule has 0 saturated heterocycles.